The van der Waals surface area contributed by atoms with Gasteiger partial charge in [-0.1, -0.05) is 67.4 Å². The van der Waals surface area contributed by atoms with Crippen LogP contribution in [0.15, 0.2) is 53.4 Å². The van der Waals surface area contributed by atoms with E-state index in [0.29, 0.717) is 6.54 Å². The van der Waals surface area contributed by atoms with Crippen molar-refractivity contribution >= 4 is 39.1 Å². The summed E-state index contributed by atoms with van der Waals surface area (Å²) in [7, 11) is -4.04. The molecule has 0 radical (unpaired) electrons. The first-order chi connectivity index (χ1) is 12.7. The lowest BCUT2D eigenvalue weighted by Gasteiger charge is -2.20. The van der Waals surface area contributed by atoms with E-state index in [0.717, 1.165) is 5.56 Å². The van der Waals surface area contributed by atoms with Crippen LogP contribution in [0.1, 0.15) is 19.4 Å². The fourth-order valence-electron chi connectivity index (χ4n) is 2.40. The molecule has 27 heavy (non-hydrogen) atoms. The van der Waals surface area contributed by atoms with E-state index in [2.05, 4.69) is 10.0 Å². The van der Waals surface area contributed by atoms with Crippen molar-refractivity contribution in [2.24, 2.45) is 5.92 Å². The van der Waals surface area contributed by atoms with E-state index >= 15 is 0 Å². The lowest BCUT2D eigenvalue weighted by molar-refractivity contribution is -0.122. The van der Waals surface area contributed by atoms with E-state index in [4.69, 9.17) is 23.2 Å². The minimum Gasteiger partial charge on any atom is -0.354 e. The molecule has 1 amide bonds. The Morgan fingerprint density at radius 3 is 2.37 bits per heavy atom. The highest BCUT2D eigenvalue weighted by Crippen LogP contribution is 2.25. The second kappa shape index (κ2) is 9.55. The fourth-order valence-corrected chi connectivity index (χ4v) is 4.36. The smallest absolute Gasteiger partial charge is 0.242 e. The molecule has 2 N–H and O–H groups in total. The zero-order chi connectivity index (χ0) is 20.0. The van der Waals surface area contributed by atoms with Gasteiger partial charge in [0, 0.05) is 11.6 Å². The van der Waals surface area contributed by atoms with Gasteiger partial charge in [-0.25, -0.2) is 8.42 Å². The monoisotopic (exact) mass is 428 g/mol. The summed E-state index contributed by atoms with van der Waals surface area (Å²) in [5.74, 6) is -0.153. The molecule has 0 aliphatic heterocycles. The number of benzene rings is 2. The summed E-state index contributed by atoms with van der Waals surface area (Å²) in [6.07, 6.45) is 0.210. The molecule has 2 aromatic rings. The number of amides is 1. The summed E-state index contributed by atoms with van der Waals surface area (Å²) in [4.78, 5) is 12.5. The molecule has 0 saturated carbocycles. The number of hydrogen-bond donors (Lipinski definition) is 2. The maximum atomic E-state index is 12.8. The first-order valence-electron chi connectivity index (χ1n) is 8.48. The summed E-state index contributed by atoms with van der Waals surface area (Å²) >= 11 is 11.9. The molecule has 146 valence electrons. The van der Waals surface area contributed by atoms with Crippen LogP contribution in [-0.2, 0) is 21.2 Å². The van der Waals surface area contributed by atoms with E-state index in [1.807, 2.05) is 44.2 Å². The largest absolute Gasteiger partial charge is 0.354 e. The van der Waals surface area contributed by atoms with Gasteiger partial charge in [-0.3, -0.25) is 4.79 Å². The highest BCUT2D eigenvalue weighted by molar-refractivity contribution is 7.89. The van der Waals surface area contributed by atoms with Crippen LogP contribution in [0, 0.1) is 5.92 Å². The van der Waals surface area contributed by atoms with Crippen LogP contribution in [0.5, 0.6) is 0 Å². The average molecular weight is 429 g/mol. The highest BCUT2D eigenvalue weighted by atomic mass is 35.5. The van der Waals surface area contributed by atoms with Crippen LogP contribution in [0.2, 0.25) is 10.0 Å². The Labute approximate surface area is 170 Å². The van der Waals surface area contributed by atoms with Crippen LogP contribution in [-0.4, -0.2) is 26.9 Å². The molecule has 0 unspecified atom stereocenters. The number of halogens is 2. The Morgan fingerprint density at radius 2 is 1.74 bits per heavy atom. The molecule has 0 aromatic heterocycles. The number of nitrogens with one attached hydrogen (secondary N) is 2. The van der Waals surface area contributed by atoms with Gasteiger partial charge in [0.05, 0.1) is 5.02 Å². The number of carbonyl (C=O) groups excluding carboxylic acids is 1. The normalized spacial score (nSPS) is 12.8. The van der Waals surface area contributed by atoms with Crippen molar-refractivity contribution in [3.63, 3.8) is 0 Å². The summed E-state index contributed by atoms with van der Waals surface area (Å²) in [5.41, 5.74) is 0.835. The Kier molecular flexibility index (Phi) is 7.68. The standard InChI is InChI=1S/C19H22Cl2N2O3S/c1-13(2)12-22-19(24)17(10-14-6-4-3-5-7-14)23-27(25,26)18-11-15(20)8-9-16(18)21/h3-9,11,13,17,23H,10,12H2,1-2H3,(H,22,24)/t17-/m0/s1. The number of carbonyl (C=O) groups is 1. The number of sulfonamides is 1. The van der Waals surface area contributed by atoms with Crippen LogP contribution in [0.3, 0.4) is 0 Å². The van der Waals surface area contributed by atoms with Gasteiger partial charge in [-0.15, -0.1) is 0 Å². The Hall–Kier alpha value is -1.60. The zero-order valence-corrected chi connectivity index (χ0v) is 17.4. The van der Waals surface area contributed by atoms with Crippen molar-refractivity contribution in [1.29, 1.82) is 0 Å². The minimum absolute atomic E-state index is 0.0351. The van der Waals surface area contributed by atoms with Crippen LogP contribution in [0.4, 0.5) is 0 Å². The Bertz CT molecular complexity index is 887. The molecule has 0 bridgehead atoms. The third-order valence-corrected chi connectivity index (χ3v) is 5.95. The van der Waals surface area contributed by atoms with Crippen LogP contribution in [0.25, 0.3) is 0 Å². The van der Waals surface area contributed by atoms with Gasteiger partial charge in [0.2, 0.25) is 15.9 Å². The molecule has 8 heteroatoms. The highest BCUT2D eigenvalue weighted by Gasteiger charge is 2.27. The van der Waals surface area contributed by atoms with Gasteiger partial charge in [0.25, 0.3) is 0 Å². The van der Waals surface area contributed by atoms with E-state index in [1.165, 1.54) is 18.2 Å². The maximum Gasteiger partial charge on any atom is 0.242 e. The summed E-state index contributed by atoms with van der Waals surface area (Å²) in [6.45, 7) is 4.37. The molecule has 0 saturated heterocycles. The van der Waals surface area contributed by atoms with Crippen molar-refractivity contribution in [2.75, 3.05) is 6.54 Å². The van der Waals surface area contributed by atoms with E-state index in [9.17, 15) is 13.2 Å². The van der Waals surface area contributed by atoms with Gasteiger partial charge >= 0.3 is 0 Å². The molecule has 0 heterocycles. The van der Waals surface area contributed by atoms with E-state index < -0.39 is 22.0 Å². The van der Waals surface area contributed by atoms with Gasteiger partial charge in [0.15, 0.2) is 0 Å². The lowest BCUT2D eigenvalue weighted by atomic mass is 10.1. The van der Waals surface area contributed by atoms with E-state index in [-0.39, 0.29) is 27.3 Å². The van der Waals surface area contributed by atoms with Crippen LogP contribution < -0.4 is 10.0 Å². The quantitative estimate of drug-likeness (QED) is 0.673. The minimum atomic E-state index is -4.04. The van der Waals surface area contributed by atoms with Crippen molar-refractivity contribution in [1.82, 2.24) is 10.0 Å². The van der Waals surface area contributed by atoms with Crippen molar-refractivity contribution in [3.8, 4) is 0 Å². The van der Waals surface area contributed by atoms with Gasteiger partial charge in [0.1, 0.15) is 10.9 Å². The Balaban J connectivity index is 2.29. The van der Waals surface area contributed by atoms with Gasteiger partial charge in [-0.2, -0.15) is 4.72 Å². The molecule has 0 spiro atoms. The first kappa shape index (κ1) is 21.7. The summed E-state index contributed by atoms with van der Waals surface area (Å²) in [5, 5.41) is 3.05. The molecular weight excluding hydrogens is 407 g/mol. The fraction of sp³-hybridized carbons (Fsp3) is 0.316. The molecule has 0 aliphatic carbocycles. The molecule has 0 aliphatic rings. The van der Waals surface area contributed by atoms with Crippen molar-refractivity contribution in [3.05, 3.63) is 64.1 Å². The molecule has 2 rings (SSSR count). The van der Waals surface area contributed by atoms with E-state index in [1.54, 1.807) is 0 Å². The number of rotatable bonds is 8. The summed E-state index contributed by atoms with van der Waals surface area (Å²) < 4.78 is 28.1. The first-order valence-corrected chi connectivity index (χ1v) is 10.7. The van der Waals surface area contributed by atoms with Gasteiger partial charge in [-0.05, 0) is 36.1 Å². The van der Waals surface area contributed by atoms with Crippen molar-refractivity contribution < 1.29 is 13.2 Å². The third kappa shape index (κ3) is 6.50. The lowest BCUT2D eigenvalue weighted by Crippen LogP contribution is -2.48. The molecule has 0 fully saturated rings. The Morgan fingerprint density at radius 1 is 1.07 bits per heavy atom. The number of hydrogen-bond acceptors (Lipinski definition) is 3. The topological polar surface area (TPSA) is 75.3 Å². The third-order valence-electron chi connectivity index (χ3n) is 3.76. The average Bonchev–Trinajstić information content (AvgIpc) is 2.61. The maximum absolute atomic E-state index is 12.8. The second-order valence-corrected chi connectivity index (χ2v) is 9.10. The molecule has 1 atom stereocenters. The molecular formula is C19H22Cl2N2O3S. The SMILES string of the molecule is CC(C)CNC(=O)[C@H](Cc1ccccc1)NS(=O)(=O)c1cc(Cl)ccc1Cl. The van der Waals surface area contributed by atoms with Gasteiger partial charge < -0.3 is 5.32 Å². The zero-order valence-electron chi connectivity index (χ0n) is 15.1. The molecule has 2 aromatic carbocycles. The van der Waals surface area contributed by atoms with Crippen LogP contribution >= 0.6 is 23.2 Å². The summed E-state index contributed by atoms with van der Waals surface area (Å²) in [6, 6.07) is 12.4. The molecule has 5 nitrogen and oxygen atoms in total. The van der Waals surface area contributed by atoms with Crippen molar-refractivity contribution in [2.45, 2.75) is 31.2 Å². The predicted molar refractivity (Wildman–Crippen MR) is 109 cm³/mol. The second-order valence-electron chi connectivity index (χ2n) is 6.58. The predicted octanol–water partition coefficient (Wildman–Crippen LogP) is 3.66.